The maximum Gasteiger partial charge on any atom is 0.116 e. The van der Waals surface area contributed by atoms with Gasteiger partial charge in [0.2, 0.25) is 0 Å². The number of aliphatic hydroxyl groups is 1. The van der Waals surface area contributed by atoms with Crippen molar-refractivity contribution in [1.82, 2.24) is 0 Å². The van der Waals surface area contributed by atoms with Crippen molar-refractivity contribution in [1.29, 1.82) is 0 Å². The third-order valence-electron chi connectivity index (χ3n) is 2.54. The monoisotopic (exact) mass is 193 g/mol. The van der Waals surface area contributed by atoms with Crippen LogP contribution in [0.5, 0.6) is 5.75 Å². The fraction of sp³-hybridized carbons (Fsp3) is 0.455. The van der Waals surface area contributed by atoms with Gasteiger partial charge < -0.3 is 15.5 Å². The maximum atomic E-state index is 9.29. The van der Waals surface area contributed by atoms with Crippen molar-refractivity contribution in [2.75, 3.05) is 5.32 Å². The Bertz CT molecular complexity index is 336. The highest BCUT2D eigenvalue weighted by Crippen LogP contribution is 2.30. The van der Waals surface area contributed by atoms with Crippen LogP contribution in [0.2, 0.25) is 0 Å². The van der Waals surface area contributed by atoms with E-state index >= 15 is 0 Å². The van der Waals surface area contributed by atoms with Gasteiger partial charge in [-0.2, -0.15) is 0 Å². The summed E-state index contributed by atoms with van der Waals surface area (Å²) in [7, 11) is 0. The van der Waals surface area contributed by atoms with E-state index in [-0.39, 0.29) is 6.10 Å². The van der Waals surface area contributed by atoms with Crippen molar-refractivity contribution in [2.45, 2.75) is 31.9 Å². The number of benzene rings is 1. The van der Waals surface area contributed by atoms with Gasteiger partial charge in [-0.05, 0) is 43.5 Å². The second kappa shape index (κ2) is 3.50. The van der Waals surface area contributed by atoms with Crippen molar-refractivity contribution in [3.63, 3.8) is 0 Å². The Morgan fingerprint density at radius 3 is 3.07 bits per heavy atom. The summed E-state index contributed by atoms with van der Waals surface area (Å²) in [5.74, 6) is 0.309. The number of phenolic OH excluding ortho intramolecular Hbond substituents is 1. The minimum atomic E-state index is -0.282. The van der Waals surface area contributed by atoms with Crippen LogP contribution < -0.4 is 5.32 Å². The molecule has 1 aromatic rings. The third-order valence-corrected chi connectivity index (χ3v) is 2.54. The number of fused-ring (bicyclic) bond motifs is 1. The molecule has 1 aromatic carbocycles. The number of rotatable bonds is 2. The van der Waals surface area contributed by atoms with Gasteiger partial charge in [-0.1, -0.05) is 0 Å². The van der Waals surface area contributed by atoms with Gasteiger partial charge in [0.15, 0.2) is 0 Å². The summed E-state index contributed by atoms with van der Waals surface area (Å²) in [6.07, 6.45) is 1.35. The van der Waals surface area contributed by atoms with Gasteiger partial charge in [0.1, 0.15) is 5.75 Å². The lowest BCUT2D eigenvalue weighted by Gasteiger charge is -2.12. The molecule has 0 fully saturated rings. The Hall–Kier alpha value is -1.22. The number of hydrogen-bond acceptors (Lipinski definition) is 3. The van der Waals surface area contributed by atoms with E-state index < -0.39 is 0 Å². The predicted molar refractivity (Wildman–Crippen MR) is 55.5 cm³/mol. The number of hydrogen-bond donors (Lipinski definition) is 3. The minimum absolute atomic E-state index is 0.282. The first kappa shape index (κ1) is 9.34. The molecule has 2 unspecified atom stereocenters. The molecule has 3 N–H and O–H groups in total. The van der Waals surface area contributed by atoms with Gasteiger partial charge in [-0.3, -0.25) is 0 Å². The van der Waals surface area contributed by atoms with Crippen molar-refractivity contribution < 1.29 is 10.2 Å². The zero-order valence-corrected chi connectivity index (χ0v) is 8.20. The van der Waals surface area contributed by atoms with Crippen molar-refractivity contribution in [3.8, 4) is 5.75 Å². The standard InChI is InChI=1S/C11H15NO2/c1-7(13)4-9-5-8-6-10(14)2-3-11(8)12-9/h2-3,6-7,9,12-14H,4-5H2,1H3. The lowest BCUT2D eigenvalue weighted by molar-refractivity contribution is 0.178. The molecule has 0 aliphatic carbocycles. The van der Waals surface area contributed by atoms with Gasteiger partial charge in [-0.15, -0.1) is 0 Å². The largest absolute Gasteiger partial charge is 0.508 e. The topological polar surface area (TPSA) is 52.5 Å². The van der Waals surface area contributed by atoms with E-state index in [0.29, 0.717) is 11.8 Å². The van der Waals surface area contributed by atoms with Gasteiger partial charge in [-0.25, -0.2) is 0 Å². The number of aromatic hydroxyl groups is 1. The highest BCUT2D eigenvalue weighted by Gasteiger charge is 2.21. The molecular formula is C11H15NO2. The lowest BCUT2D eigenvalue weighted by Crippen LogP contribution is -2.20. The van der Waals surface area contributed by atoms with Crippen LogP contribution in [-0.2, 0) is 6.42 Å². The Balaban J connectivity index is 2.10. The summed E-state index contributed by atoms with van der Waals surface area (Å²) in [6.45, 7) is 1.79. The first-order chi connectivity index (χ1) is 6.65. The molecule has 0 spiro atoms. The average molecular weight is 193 g/mol. The molecule has 0 aromatic heterocycles. The number of phenols is 1. The first-order valence-corrected chi connectivity index (χ1v) is 4.91. The Labute approximate surface area is 83.4 Å². The Kier molecular flexibility index (Phi) is 2.33. The van der Waals surface area contributed by atoms with E-state index in [9.17, 15) is 10.2 Å². The zero-order valence-electron chi connectivity index (χ0n) is 8.20. The minimum Gasteiger partial charge on any atom is -0.508 e. The molecule has 1 aliphatic rings. The van der Waals surface area contributed by atoms with E-state index in [2.05, 4.69) is 5.32 Å². The van der Waals surface area contributed by atoms with Gasteiger partial charge in [0.25, 0.3) is 0 Å². The fourth-order valence-corrected chi connectivity index (χ4v) is 1.98. The van der Waals surface area contributed by atoms with E-state index in [1.807, 2.05) is 6.07 Å². The van der Waals surface area contributed by atoms with Crippen LogP contribution in [0.25, 0.3) is 0 Å². The van der Waals surface area contributed by atoms with Crippen LogP contribution in [0.15, 0.2) is 18.2 Å². The SMILES string of the molecule is CC(O)CC1Cc2cc(O)ccc2N1. The Morgan fingerprint density at radius 2 is 2.36 bits per heavy atom. The van der Waals surface area contributed by atoms with Crippen LogP contribution in [0.3, 0.4) is 0 Å². The van der Waals surface area contributed by atoms with Crippen molar-refractivity contribution in [3.05, 3.63) is 23.8 Å². The molecule has 14 heavy (non-hydrogen) atoms. The highest BCUT2D eigenvalue weighted by atomic mass is 16.3. The summed E-state index contributed by atoms with van der Waals surface area (Å²) in [5, 5.41) is 21.9. The van der Waals surface area contributed by atoms with E-state index in [4.69, 9.17) is 0 Å². The highest BCUT2D eigenvalue weighted by molar-refractivity contribution is 5.58. The second-order valence-electron chi connectivity index (χ2n) is 3.97. The van der Waals surface area contributed by atoms with Crippen molar-refractivity contribution in [2.24, 2.45) is 0 Å². The summed E-state index contributed by atoms with van der Waals surface area (Å²) in [5.41, 5.74) is 2.21. The second-order valence-corrected chi connectivity index (χ2v) is 3.97. The van der Waals surface area contributed by atoms with Crippen LogP contribution in [0.1, 0.15) is 18.9 Å². The first-order valence-electron chi connectivity index (χ1n) is 4.91. The average Bonchev–Trinajstić information content (AvgIpc) is 2.44. The van der Waals surface area contributed by atoms with E-state index in [1.54, 1.807) is 19.1 Å². The van der Waals surface area contributed by atoms with Gasteiger partial charge in [0, 0.05) is 11.7 Å². The van der Waals surface area contributed by atoms with Crippen LogP contribution in [0, 0.1) is 0 Å². The number of anilines is 1. The zero-order chi connectivity index (χ0) is 10.1. The molecule has 2 rings (SSSR count). The van der Waals surface area contributed by atoms with E-state index in [0.717, 1.165) is 24.1 Å². The molecule has 1 heterocycles. The molecule has 0 saturated carbocycles. The quantitative estimate of drug-likeness (QED) is 0.624. The number of nitrogens with one attached hydrogen (secondary N) is 1. The maximum absolute atomic E-state index is 9.29. The summed E-state index contributed by atoms with van der Waals surface area (Å²) in [4.78, 5) is 0. The normalized spacial score (nSPS) is 21.4. The molecule has 0 amide bonds. The summed E-state index contributed by atoms with van der Waals surface area (Å²) < 4.78 is 0. The molecular weight excluding hydrogens is 178 g/mol. The smallest absolute Gasteiger partial charge is 0.116 e. The van der Waals surface area contributed by atoms with E-state index in [1.165, 1.54) is 0 Å². The molecule has 0 radical (unpaired) electrons. The summed E-state index contributed by atoms with van der Waals surface area (Å²) >= 11 is 0. The molecule has 76 valence electrons. The van der Waals surface area contributed by atoms with Crippen molar-refractivity contribution >= 4 is 5.69 Å². The molecule has 3 heteroatoms. The fourth-order valence-electron chi connectivity index (χ4n) is 1.98. The van der Waals surface area contributed by atoms with Gasteiger partial charge >= 0.3 is 0 Å². The predicted octanol–water partition coefficient (Wildman–Crippen LogP) is 1.50. The van der Waals surface area contributed by atoms with Crippen LogP contribution >= 0.6 is 0 Å². The third kappa shape index (κ3) is 1.82. The van der Waals surface area contributed by atoms with Crippen LogP contribution in [-0.4, -0.2) is 22.4 Å². The molecule has 2 atom stereocenters. The molecule has 3 nitrogen and oxygen atoms in total. The van der Waals surface area contributed by atoms with Crippen LogP contribution in [0.4, 0.5) is 5.69 Å². The molecule has 0 bridgehead atoms. The van der Waals surface area contributed by atoms with Gasteiger partial charge in [0.05, 0.1) is 6.10 Å². The number of aliphatic hydroxyl groups excluding tert-OH is 1. The summed E-state index contributed by atoms with van der Waals surface area (Å²) in [6, 6.07) is 5.64. The Morgan fingerprint density at radius 1 is 1.57 bits per heavy atom. The molecule has 1 aliphatic heterocycles. The lowest BCUT2D eigenvalue weighted by atomic mass is 10.1. The molecule has 0 saturated heterocycles.